The number of benzene rings is 1. The van der Waals surface area contributed by atoms with E-state index in [0.717, 1.165) is 56.2 Å². The summed E-state index contributed by atoms with van der Waals surface area (Å²) in [6.45, 7) is 9.45. The van der Waals surface area contributed by atoms with E-state index in [0.29, 0.717) is 13.0 Å². The molecule has 1 unspecified atom stereocenters. The second kappa shape index (κ2) is 10.1. The van der Waals surface area contributed by atoms with Gasteiger partial charge >= 0.3 is 0 Å². The van der Waals surface area contributed by atoms with Gasteiger partial charge in [0.05, 0.1) is 18.9 Å². The highest BCUT2D eigenvalue weighted by molar-refractivity contribution is 5.77. The number of nitrogens with zero attached hydrogens (tertiary/aromatic N) is 3. The van der Waals surface area contributed by atoms with E-state index < -0.39 is 0 Å². The number of rotatable bonds is 8. The van der Waals surface area contributed by atoms with Crippen LogP contribution in [0, 0.1) is 13.8 Å². The average molecular weight is 421 g/mol. The van der Waals surface area contributed by atoms with Gasteiger partial charge in [0, 0.05) is 44.4 Å². The maximum atomic E-state index is 12.9. The smallest absolute Gasteiger partial charge is 0.221 e. The Hall–Kier alpha value is -2.70. The summed E-state index contributed by atoms with van der Waals surface area (Å²) in [7, 11) is 0. The number of hydrogen-bond donors (Lipinski definition) is 1. The number of carbonyl (C=O) groups excluding carboxylic acids is 1. The lowest BCUT2D eigenvalue weighted by Crippen LogP contribution is -2.38. The van der Waals surface area contributed by atoms with Crippen LogP contribution in [0.2, 0.25) is 0 Å². The van der Waals surface area contributed by atoms with E-state index in [2.05, 4.69) is 51.6 Å². The fourth-order valence-electron chi connectivity index (χ4n) is 4.39. The fraction of sp³-hybridized carbons (Fsp3) is 0.440. The van der Waals surface area contributed by atoms with Gasteiger partial charge in [-0.05, 0) is 49.6 Å². The number of pyridine rings is 1. The van der Waals surface area contributed by atoms with Gasteiger partial charge in [0.2, 0.25) is 5.91 Å². The molecule has 164 valence electrons. The molecule has 1 aliphatic rings. The highest BCUT2D eigenvalue weighted by atomic mass is 16.5. The second-order valence-electron chi connectivity index (χ2n) is 8.34. The van der Waals surface area contributed by atoms with E-state index >= 15 is 0 Å². The van der Waals surface area contributed by atoms with Gasteiger partial charge in [-0.25, -0.2) is 4.98 Å². The predicted molar refractivity (Wildman–Crippen MR) is 122 cm³/mol. The maximum Gasteiger partial charge on any atom is 0.221 e. The van der Waals surface area contributed by atoms with E-state index in [4.69, 9.17) is 4.74 Å². The standard InChI is InChI=1S/C25H32N4O2/c1-19-7-3-4-9-21(19)22(23-18-27-25-20(2)8-5-12-29(23)25)17-24(30)26-10-6-11-28-13-15-31-16-14-28/h3-5,7-9,12,18,22H,6,10-11,13-17H2,1-2H3,(H,26,30). The Morgan fingerprint density at radius 3 is 2.71 bits per heavy atom. The van der Waals surface area contributed by atoms with Crippen LogP contribution in [-0.4, -0.2) is 59.6 Å². The number of fused-ring (bicyclic) bond motifs is 1. The minimum absolute atomic E-state index is 0.0442. The average Bonchev–Trinajstić information content (AvgIpc) is 3.22. The molecule has 0 aliphatic carbocycles. The normalized spacial score (nSPS) is 15.8. The van der Waals surface area contributed by atoms with Crippen LogP contribution in [0.1, 0.15) is 41.1 Å². The van der Waals surface area contributed by atoms with Gasteiger partial charge in [-0.15, -0.1) is 0 Å². The Morgan fingerprint density at radius 1 is 1.13 bits per heavy atom. The van der Waals surface area contributed by atoms with Crippen molar-refractivity contribution in [1.82, 2.24) is 19.6 Å². The summed E-state index contributed by atoms with van der Waals surface area (Å²) >= 11 is 0. The molecule has 1 N–H and O–H groups in total. The van der Waals surface area contributed by atoms with Crippen LogP contribution in [-0.2, 0) is 9.53 Å². The largest absolute Gasteiger partial charge is 0.379 e. The molecule has 4 rings (SSSR count). The van der Waals surface area contributed by atoms with Crippen LogP contribution in [0.3, 0.4) is 0 Å². The van der Waals surface area contributed by atoms with Crippen molar-refractivity contribution in [1.29, 1.82) is 0 Å². The van der Waals surface area contributed by atoms with Crippen molar-refractivity contribution in [2.24, 2.45) is 0 Å². The lowest BCUT2D eigenvalue weighted by molar-refractivity contribution is -0.121. The van der Waals surface area contributed by atoms with E-state index in [1.807, 2.05) is 30.6 Å². The summed E-state index contributed by atoms with van der Waals surface area (Å²) in [4.78, 5) is 20.0. The Labute approximate surface area is 184 Å². The number of aromatic nitrogens is 2. The second-order valence-corrected chi connectivity index (χ2v) is 8.34. The third kappa shape index (κ3) is 5.14. The van der Waals surface area contributed by atoms with Crippen LogP contribution in [0.25, 0.3) is 5.65 Å². The van der Waals surface area contributed by atoms with Crippen LogP contribution in [0.5, 0.6) is 0 Å². The van der Waals surface area contributed by atoms with E-state index in [9.17, 15) is 4.79 Å². The zero-order valence-electron chi connectivity index (χ0n) is 18.5. The zero-order valence-corrected chi connectivity index (χ0v) is 18.5. The van der Waals surface area contributed by atoms with Crippen molar-refractivity contribution in [3.63, 3.8) is 0 Å². The molecule has 1 fully saturated rings. The molecule has 6 nitrogen and oxygen atoms in total. The first-order valence-corrected chi connectivity index (χ1v) is 11.2. The number of ether oxygens (including phenoxy) is 1. The Morgan fingerprint density at radius 2 is 1.90 bits per heavy atom. The summed E-state index contributed by atoms with van der Waals surface area (Å²) in [5.41, 5.74) is 5.49. The topological polar surface area (TPSA) is 58.9 Å². The van der Waals surface area contributed by atoms with Crippen LogP contribution >= 0.6 is 0 Å². The van der Waals surface area contributed by atoms with Gasteiger partial charge in [-0.1, -0.05) is 30.3 Å². The van der Waals surface area contributed by atoms with Crippen molar-refractivity contribution >= 4 is 11.6 Å². The summed E-state index contributed by atoms with van der Waals surface area (Å²) in [6.07, 6.45) is 5.32. The molecule has 0 radical (unpaired) electrons. The molecule has 0 saturated carbocycles. The molecule has 1 amide bonds. The molecular formula is C25H32N4O2. The summed E-state index contributed by atoms with van der Waals surface area (Å²) in [5.74, 6) is 0.0371. The number of amides is 1. The number of nitrogens with one attached hydrogen (secondary N) is 1. The Balaban J connectivity index is 1.47. The highest BCUT2D eigenvalue weighted by Gasteiger charge is 2.23. The van der Waals surface area contributed by atoms with Gasteiger partial charge in [0.25, 0.3) is 0 Å². The lowest BCUT2D eigenvalue weighted by atomic mass is 9.89. The third-order valence-corrected chi connectivity index (χ3v) is 6.15. The quantitative estimate of drug-likeness (QED) is 0.568. The molecule has 6 heteroatoms. The predicted octanol–water partition coefficient (Wildman–Crippen LogP) is 3.31. The van der Waals surface area contributed by atoms with Crippen molar-refractivity contribution in [3.05, 3.63) is 71.2 Å². The molecule has 1 aliphatic heterocycles. The molecule has 2 aromatic heterocycles. The van der Waals surface area contributed by atoms with Crippen molar-refractivity contribution in [3.8, 4) is 0 Å². The summed E-state index contributed by atoms with van der Waals surface area (Å²) in [5, 5.41) is 3.14. The van der Waals surface area contributed by atoms with Crippen molar-refractivity contribution < 1.29 is 9.53 Å². The molecular weight excluding hydrogens is 388 g/mol. The van der Waals surface area contributed by atoms with Gasteiger partial charge in [0.1, 0.15) is 5.65 Å². The number of aryl methyl sites for hydroxylation is 2. The molecule has 1 saturated heterocycles. The van der Waals surface area contributed by atoms with Crippen LogP contribution in [0.15, 0.2) is 48.8 Å². The van der Waals surface area contributed by atoms with E-state index in [1.165, 1.54) is 11.1 Å². The number of morpholine rings is 1. The van der Waals surface area contributed by atoms with Crippen molar-refractivity contribution in [2.45, 2.75) is 32.6 Å². The molecule has 3 heterocycles. The first-order valence-electron chi connectivity index (χ1n) is 11.2. The maximum absolute atomic E-state index is 12.9. The van der Waals surface area contributed by atoms with Gasteiger partial charge in [0.15, 0.2) is 0 Å². The molecule has 0 bridgehead atoms. The SMILES string of the molecule is Cc1ccccc1C(CC(=O)NCCCN1CCOCC1)c1cnc2c(C)cccn12. The molecule has 1 atom stereocenters. The molecule has 1 aromatic carbocycles. The molecule has 31 heavy (non-hydrogen) atoms. The van der Waals surface area contributed by atoms with Gasteiger partial charge < -0.3 is 14.5 Å². The number of hydrogen-bond acceptors (Lipinski definition) is 4. The summed E-state index contributed by atoms with van der Waals surface area (Å²) in [6, 6.07) is 12.4. The van der Waals surface area contributed by atoms with Crippen LogP contribution in [0.4, 0.5) is 0 Å². The van der Waals surface area contributed by atoms with Gasteiger partial charge in [-0.2, -0.15) is 0 Å². The number of carbonyl (C=O) groups is 1. The Kier molecular flexibility index (Phi) is 6.99. The third-order valence-electron chi connectivity index (χ3n) is 6.15. The number of imidazole rings is 1. The van der Waals surface area contributed by atoms with Crippen LogP contribution < -0.4 is 5.32 Å². The lowest BCUT2D eigenvalue weighted by Gasteiger charge is -2.26. The Bertz CT molecular complexity index is 1020. The first kappa shape index (κ1) is 21.5. The molecule has 3 aromatic rings. The van der Waals surface area contributed by atoms with Crippen molar-refractivity contribution in [2.75, 3.05) is 39.4 Å². The minimum atomic E-state index is -0.0442. The fourth-order valence-corrected chi connectivity index (χ4v) is 4.39. The monoisotopic (exact) mass is 420 g/mol. The zero-order chi connectivity index (χ0) is 21.6. The first-order chi connectivity index (χ1) is 15.1. The highest BCUT2D eigenvalue weighted by Crippen LogP contribution is 2.31. The summed E-state index contributed by atoms with van der Waals surface area (Å²) < 4.78 is 7.52. The van der Waals surface area contributed by atoms with E-state index in [-0.39, 0.29) is 11.8 Å². The van der Waals surface area contributed by atoms with E-state index in [1.54, 1.807) is 0 Å². The van der Waals surface area contributed by atoms with Gasteiger partial charge in [-0.3, -0.25) is 9.69 Å². The minimum Gasteiger partial charge on any atom is -0.379 e. The molecule has 0 spiro atoms.